The quantitative estimate of drug-likeness (QED) is 0.739. The zero-order valence-electron chi connectivity index (χ0n) is 6.50. The number of benzene rings is 1. The van der Waals surface area contributed by atoms with Gasteiger partial charge < -0.3 is 5.32 Å². The summed E-state index contributed by atoms with van der Waals surface area (Å²) >= 11 is 1.61. The van der Waals surface area contributed by atoms with Crippen molar-refractivity contribution in [2.45, 2.75) is 0 Å². The molecule has 0 aliphatic heterocycles. The summed E-state index contributed by atoms with van der Waals surface area (Å²) in [6.45, 7) is 3.82. The fourth-order valence-electron chi connectivity index (χ4n) is 0.734. The molecule has 2 heteroatoms. The van der Waals surface area contributed by atoms with E-state index in [9.17, 15) is 0 Å². The van der Waals surface area contributed by atoms with Crippen LogP contribution in [0.3, 0.4) is 0 Å². The van der Waals surface area contributed by atoms with Crippen LogP contribution in [0.15, 0.2) is 41.9 Å². The van der Waals surface area contributed by atoms with Gasteiger partial charge >= 0.3 is 0 Å². The van der Waals surface area contributed by atoms with Gasteiger partial charge in [-0.25, -0.2) is 0 Å². The lowest BCUT2D eigenvalue weighted by Crippen LogP contribution is -1.92. The molecule has 0 aliphatic carbocycles. The third-order valence-corrected chi connectivity index (χ3v) is 1.90. The SMILES string of the molecule is C=C(Nc1ccccc1)SC. The van der Waals surface area contributed by atoms with Crippen molar-refractivity contribution in [3.8, 4) is 0 Å². The van der Waals surface area contributed by atoms with Crippen LogP contribution >= 0.6 is 11.8 Å². The predicted molar refractivity (Wildman–Crippen MR) is 52.7 cm³/mol. The Morgan fingerprint density at radius 2 is 2.00 bits per heavy atom. The van der Waals surface area contributed by atoms with Gasteiger partial charge in [-0.3, -0.25) is 0 Å². The topological polar surface area (TPSA) is 12.0 Å². The van der Waals surface area contributed by atoms with Gasteiger partial charge in [-0.15, -0.1) is 11.8 Å². The highest BCUT2D eigenvalue weighted by atomic mass is 32.2. The van der Waals surface area contributed by atoms with E-state index in [1.54, 1.807) is 11.8 Å². The Balaban J connectivity index is 2.58. The molecule has 0 aliphatic rings. The molecular weight excluding hydrogens is 154 g/mol. The van der Waals surface area contributed by atoms with Crippen molar-refractivity contribution in [2.75, 3.05) is 11.6 Å². The van der Waals surface area contributed by atoms with Crippen molar-refractivity contribution in [1.82, 2.24) is 0 Å². The molecule has 1 aromatic rings. The maximum atomic E-state index is 3.82. The molecule has 1 rings (SSSR count). The Morgan fingerprint density at radius 3 is 2.55 bits per heavy atom. The van der Waals surface area contributed by atoms with Crippen molar-refractivity contribution in [2.24, 2.45) is 0 Å². The largest absolute Gasteiger partial charge is 0.351 e. The lowest BCUT2D eigenvalue weighted by molar-refractivity contribution is 1.57. The Labute approximate surface area is 71.5 Å². The molecular formula is C9H11NS. The monoisotopic (exact) mass is 165 g/mol. The Morgan fingerprint density at radius 1 is 1.36 bits per heavy atom. The Kier molecular flexibility index (Phi) is 3.05. The van der Waals surface area contributed by atoms with E-state index >= 15 is 0 Å². The average molecular weight is 165 g/mol. The summed E-state index contributed by atoms with van der Waals surface area (Å²) < 4.78 is 0. The van der Waals surface area contributed by atoms with Crippen LogP contribution in [0.25, 0.3) is 0 Å². The molecule has 1 N–H and O–H groups in total. The minimum Gasteiger partial charge on any atom is -0.351 e. The van der Waals surface area contributed by atoms with E-state index in [2.05, 4.69) is 11.9 Å². The van der Waals surface area contributed by atoms with Crippen LogP contribution in [-0.2, 0) is 0 Å². The molecule has 0 amide bonds. The van der Waals surface area contributed by atoms with Gasteiger partial charge in [0.15, 0.2) is 0 Å². The van der Waals surface area contributed by atoms with Crippen LogP contribution in [0, 0.1) is 0 Å². The van der Waals surface area contributed by atoms with Crippen molar-refractivity contribution in [3.63, 3.8) is 0 Å². The standard InChI is InChI=1S/C9H11NS/c1-8(11-2)10-9-6-4-3-5-7-9/h3-7,10H,1H2,2H3. The first kappa shape index (κ1) is 8.21. The van der Waals surface area contributed by atoms with E-state index in [1.807, 2.05) is 36.6 Å². The maximum Gasteiger partial charge on any atom is 0.0649 e. The first-order valence-electron chi connectivity index (χ1n) is 3.38. The van der Waals surface area contributed by atoms with E-state index in [0.717, 1.165) is 10.7 Å². The second-order valence-electron chi connectivity index (χ2n) is 2.12. The third kappa shape index (κ3) is 2.68. The maximum absolute atomic E-state index is 3.82. The number of anilines is 1. The Hall–Kier alpha value is -0.890. The van der Waals surface area contributed by atoms with E-state index in [1.165, 1.54) is 0 Å². The van der Waals surface area contributed by atoms with Crippen molar-refractivity contribution in [3.05, 3.63) is 41.9 Å². The molecule has 0 saturated carbocycles. The average Bonchev–Trinajstić information content (AvgIpc) is 2.06. The van der Waals surface area contributed by atoms with Crippen molar-refractivity contribution >= 4 is 17.4 Å². The highest BCUT2D eigenvalue weighted by molar-refractivity contribution is 8.02. The zero-order chi connectivity index (χ0) is 8.10. The lowest BCUT2D eigenvalue weighted by Gasteiger charge is -2.04. The smallest absolute Gasteiger partial charge is 0.0649 e. The molecule has 0 saturated heterocycles. The molecule has 58 valence electrons. The van der Waals surface area contributed by atoms with E-state index in [0.29, 0.717) is 0 Å². The first-order valence-corrected chi connectivity index (χ1v) is 4.60. The van der Waals surface area contributed by atoms with Crippen molar-refractivity contribution < 1.29 is 0 Å². The van der Waals surface area contributed by atoms with Crippen LogP contribution in [0.4, 0.5) is 5.69 Å². The molecule has 0 unspecified atom stereocenters. The highest BCUT2D eigenvalue weighted by Gasteiger charge is 1.89. The number of rotatable bonds is 3. The van der Waals surface area contributed by atoms with Crippen LogP contribution < -0.4 is 5.32 Å². The molecule has 1 nitrogen and oxygen atoms in total. The first-order chi connectivity index (χ1) is 5.33. The summed E-state index contributed by atoms with van der Waals surface area (Å²) in [5.74, 6) is 0. The summed E-state index contributed by atoms with van der Waals surface area (Å²) in [6.07, 6.45) is 2.00. The van der Waals surface area contributed by atoms with Crippen LogP contribution in [0.1, 0.15) is 0 Å². The molecule has 0 aromatic heterocycles. The Bertz CT molecular complexity index is 231. The molecule has 0 radical (unpaired) electrons. The summed E-state index contributed by atoms with van der Waals surface area (Å²) in [5, 5.41) is 4.13. The summed E-state index contributed by atoms with van der Waals surface area (Å²) in [6, 6.07) is 10.0. The normalized spacial score (nSPS) is 9.18. The van der Waals surface area contributed by atoms with E-state index in [-0.39, 0.29) is 0 Å². The van der Waals surface area contributed by atoms with Gasteiger partial charge in [-0.2, -0.15) is 0 Å². The van der Waals surface area contributed by atoms with Gasteiger partial charge in [-0.1, -0.05) is 24.8 Å². The minimum atomic E-state index is 0.969. The molecule has 0 fully saturated rings. The molecule has 0 atom stereocenters. The molecule has 0 bridgehead atoms. The number of thioether (sulfide) groups is 1. The fraction of sp³-hybridized carbons (Fsp3) is 0.111. The molecule has 0 spiro atoms. The van der Waals surface area contributed by atoms with Gasteiger partial charge in [-0.05, 0) is 18.4 Å². The van der Waals surface area contributed by atoms with Crippen LogP contribution in [-0.4, -0.2) is 6.26 Å². The second-order valence-corrected chi connectivity index (χ2v) is 3.02. The summed E-state index contributed by atoms with van der Waals surface area (Å²) in [5.41, 5.74) is 1.09. The number of nitrogens with one attached hydrogen (secondary N) is 1. The van der Waals surface area contributed by atoms with E-state index in [4.69, 9.17) is 0 Å². The number of hydrogen-bond donors (Lipinski definition) is 1. The highest BCUT2D eigenvalue weighted by Crippen LogP contribution is 2.13. The third-order valence-electron chi connectivity index (χ3n) is 1.30. The molecule has 1 aromatic carbocycles. The van der Waals surface area contributed by atoms with Gasteiger partial charge in [0.2, 0.25) is 0 Å². The van der Waals surface area contributed by atoms with Gasteiger partial charge in [0, 0.05) is 5.69 Å². The second kappa shape index (κ2) is 4.09. The summed E-state index contributed by atoms with van der Waals surface area (Å²) in [7, 11) is 0. The van der Waals surface area contributed by atoms with Gasteiger partial charge in [0.25, 0.3) is 0 Å². The van der Waals surface area contributed by atoms with Gasteiger partial charge in [0.05, 0.1) is 5.03 Å². The van der Waals surface area contributed by atoms with Crippen molar-refractivity contribution in [1.29, 1.82) is 0 Å². The number of hydrogen-bond acceptors (Lipinski definition) is 2. The van der Waals surface area contributed by atoms with Crippen LogP contribution in [0.5, 0.6) is 0 Å². The van der Waals surface area contributed by atoms with E-state index < -0.39 is 0 Å². The zero-order valence-corrected chi connectivity index (χ0v) is 7.32. The summed E-state index contributed by atoms with van der Waals surface area (Å²) in [4.78, 5) is 0. The predicted octanol–water partition coefficient (Wildman–Crippen LogP) is 2.93. The van der Waals surface area contributed by atoms with Gasteiger partial charge in [0.1, 0.15) is 0 Å². The molecule has 0 heterocycles. The van der Waals surface area contributed by atoms with Crippen LogP contribution in [0.2, 0.25) is 0 Å². The lowest BCUT2D eigenvalue weighted by atomic mass is 10.3. The molecule has 11 heavy (non-hydrogen) atoms. The minimum absolute atomic E-state index is 0.969. The fourth-order valence-corrected chi connectivity index (χ4v) is 0.953. The number of para-hydroxylation sites is 1.